The van der Waals surface area contributed by atoms with E-state index < -0.39 is 0 Å². The lowest BCUT2D eigenvalue weighted by atomic mass is 9.77. The molecule has 1 spiro atoms. The third-order valence-electron chi connectivity index (χ3n) is 4.97. The van der Waals surface area contributed by atoms with Crippen LogP contribution in [0.2, 0.25) is 0 Å². The van der Waals surface area contributed by atoms with Gasteiger partial charge in [-0.3, -0.25) is 0 Å². The van der Waals surface area contributed by atoms with Crippen molar-refractivity contribution in [3.63, 3.8) is 0 Å². The van der Waals surface area contributed by atoms with E-state index in [1.54, 1.807) is 11.0 Å². The highest BCUT2D eigenvalue weighted by Crippen LogP contribution is 2.41. The molecule has 1 aromatic rings. The van der Waals surface area contributed by atoms with E-state index in [4.69, 9.17) is 5.26 Å². The third kappa shape index (κ3) is 2.24. The van der Waals surface area contributed by atoms with Crippen LogP contribution in [0.4, 0.5) is 15.9 Å². The molecule has 5 nitrogen and oxygen atoms in total. The summed E-state index contributed by atoms with van der Waals surface area (Å²) in [6, 6.07) is 2.04. The largest absolute Gasteiger partial charge is 0.358 e. The van der Waals surface area contributed by atoms with Gasteiger partial charge in [-0.25, -0.2) is 9.37 Å². The van der Waals surface area contributed by atoms with E-state index in [-0.39, 0.29) is 16.9 Å². The van der Waals surface area contributed by atoms with Crippen molar-refractivity contribution < 1.29 is 4.39 Å². The summed E-state index contributed by atoms with van der Waals surface area (Å²) >= 11 is 0. The van der Waals surface area contributed by atoms with Crippen LogP contribution in [0.3, 0.4) is 0 Å². The number of nitrogens with zero attached hydrogens (tertiary/aromatic N) is 3. The number of hydrogen-bond donors (Lipinski definition) is 2. The highest BCUT2D eigenvalue weighted by molar-refractivity contribution is 5.74. The fraction of sp³-hybridized carbons (Fsp3) is 0.412. The summed E-state index contributed by atoms with van der Waals surface area (Å²) < 4.78 is 13.7. The van der Waals surface area contributed by atoms with E-state index in [1.807, 2.05) is 25.3 Å². The fourth-order valence-electron chi connectivity index (χ4n) is 3.62. The van der Waals surface area contributed by atoms with Gasteiger partial charge in [0.25, 0.3) is 0 Å². The first-order valence-corrected chi connectivity index (χ1v) is 7.77. The number of fused-ring (bicyclic) bond motifs is 1. The maximum atomic E-state index is 13.7. The first kappa shape index (κ1) is 14.1. The normalized spacial score (nSPS) is 31.3. The molecule has 0 bridgehead atoms. The van der Waals surface area contributed by atoms with Crippen molar-refractivity contribution in [3.05, 3.63) is 41.9 Å². The summed E-state index contributed by atoms with van der Waals surface area (Å²) in [5.41, 5.74) is 1.20. The SMILES string of the molecule is CC1(c2cnc3c(c2)NC2(CCN(C#N)C2)N3)C=CC=C(F)C1. The molecule has 2 N–H and O–H groups in total. The van der Waals surface area contributed by atoms with E-state index in [2.05, 4.69) is 21.8 Å². The van der Waals surface area contributed by atoms with E-state index >= 15 is 0 Å². The molecule has 1 aromatic heterocycles. The number of pyridine rings is 1. The monoisotopic (exact) mass is 311 g/mol. The second-order valence-electron chi connectivity index (χ2n) is 6.79. The lowest BCUT2D eigenvalue weighted by Gasteiger charge is -2.28. The van der Waals surface area contributed by atoms with Crippen LogP contribution in [0, 0.1) is 11.5 Å². The Balaban J connectivity index is 1.62. The molecule has 3 heterocycles. The first-order valence-electron chi connectivity index (χ1n) is 7.77. The molecule has 118 valence electrons. The molecular weight excluding hydrogens is 293 g/mol. The van der Waals surface area contributed by atoms with Crippen molar-refractivity contribution in [2.45, 2.75) is 30.8 Å². The lowest BCUT2D eigenvalue weighted by molar-refractivity contribution is 0.457. The van der Waals surface area contributed by atoms with Crippen LogP contribution in [0.1, 0.15) is 25.3 Å². The third-order valence-corrected chi connectivity index (χ3v) is 4.97. The number of hydrogen-bond acceptors (Lipinski definition) is 5. The minimum atomic E-state index is -0.382. The number of likely N-dealkylation sites (tertiary alicyclic amines) is 1. The average Bonchev–Trinajstić information content (AvgIpc) is 3.09. The van der Waals surface area contributed by atoms with Gasteiger partial charge in [-0.2, -0.15) is 5.26 Å². The Morgan fingerprint density at radius 2 is 2.30 bits per heavy atom. The molecule has 3 aliphatic rings. The van der Waals surface area contributed by atoms with Gasteiger partial charge in [0.1, 0.15) is 11.5 Å². The summed E-state index contributed by atoms with van der Waals surface area (Å²) in [5, 5.41) is 15.9. The van der Waals surface area contributed by atoms with Crippen molar-refractivity contribution in [2.24, 2.45) is 0 Å². The quantitative estimate of drug-likeness (QED) is 0.781. The molecule has 2 atom stereocenters. The zero-order chi connectivity index (χ0) is 16.1. The lowest BCUT2D eigenvalue weighted by Crippen LogP contribution is -2.43. The predicted molar refractivity (Wildman–Crippen MR) is 86.3 cm³/mol. The molecule has 0 amide bonds. The van der Waals surface area contributed by atoms with Crippen molar-refractivity contribution in [1.29, 1.82) is 5.26 Å². The summed E-state index contributed by atoms with van der Waals surface area (Å²) in [7, 11) is 0. The molecule has 0 radical (unpaired) electrons. The summed E-state index contributed by atoms with van der Waals surface area (Å²) in [6.45, 7) is 3.36. The number of nitriles is 1. The van der Waals surface area contributed by atoms with E-state index in [0.29, 0.717) is 13.0 Å². The molecule has 1 fully saturated rings. The predicted octanol–water partition coefficient (Wildman–Crippen LogP) is 2.87. The second-order valence-corrected chi connectivity index (χ2v) is 6.79. The van der Waals surface area contributed by atoms with E-state index in [1.165, 1.54) is 6.08 Å². The molecule has 4 rings (SSSR count). The standard InChI is InChI=1S/C17H18FN5/c1-16(4-2-3-13(18)8-16)12-7-14-15(20-9-12)22-17(21-14)5-6-23(10-17)11-19/h2-4,7,9,21H,5-6,8,10H2,1H3,(H,20,22). The molecule has 6 heteroatoms. The Kier molecular flexibility index (Phi) is 2.89. The average molecular weight is 311 g/mol. The maximum Gasteiger partial charge on any atom is 0.179 e. The summed E-state index contributed by atoms with van der Waals surface area (Å²) in [4.78, 5) is 6.26. The number of halogens is 1. The van der Waals surface area contributed by atoms with Gasteiger partial charge >= 0.3 is 0 Å². The van der Waals surface area contributed by atoms with Gasteiger partial charge in [0.15, 0.2) is 12.0 Å². The summed E-state index contributed by atoms with van der Waals surface area (Å²) in [6.07, 6.45) is 10.5. The van der Waals surface area contributed by atoms with Gasteiger partial charge in [-0.15, -0.1) is 0 Å². The van der Waals surface area contributed by atoms with Gasteiger partial charge < -0.3 is 15.5 Å². The molecular formula is C17H18FN5. The van der Waals surface area contributed by atoms with Crippen LogP contribution in [0.25, 0.3) is 0 Å². The molecule has 2 aliphatic heterocycles. The number of allylic oxidation sites excluding steroid dienone is 4. The molecule has 0 aromatic carbocycles. The van der Waals surface area contributed by atoms with Crippen molar-refractivity contribution in [1.82, 2.24) is 9.88 Å². The van der Waals surface area contributed by atoms with Crippen molar-refractivity contribution in [2.75, 3.05) is 23.7 Å². The van der Waals surface area contributed by atoms with Gasteiger partial charge in [0, 0.05) is 31.0 Å². The van der Waals surface area contributed by atoms with Crippen molar-refractivity contribution in [3.8, 4) is 6.19 Å². The van der Waals surface area contributed by atoms with E-state index in [9.17, 15) is 4.39 Å². The van der Waals surface area contributed by atoms with Crippen LogP contribution in [-0.4, -0.2) is 28.6 Å². The van der Waals surface area contributed by atoms with Gasteiger partial charge in [0.05, 0.1) is 12.2 Å². The molecule has 2 unspecified atom stereocenters. The zero-order valence-corrected chi connectivity index (χ0v) is 12.9. The minimum absolute atomic E-state index is 0.112. The van der Waals surface area contributed by atoms with Crippen LogP contribution in [-0.2, 0) is 5.41 Å². The van der Waals surface area contributed by atoms with Crippen LogP contribution < -0.4 is 10.6 Å². The van der Waals surface area contributed by atoms with Gasteiger partial charge in [0.2, 0.25) is 0 Å². The zero-order valence-electron chi connectivity index (χ0n) is 12.9. The van der Waals surface area contributed by atoms with E-state index in [0.717, 1.165) is 30.0 Å². The van der Waals surface area contributed by atoms with Gasteiger partial charge in [-0.05, 0) is 17.7 Å². The Labute approximate surface area is 134 Å². The number of aromatic nitrogens is 1. The topological polar surface area (TPSA) is 64.0 Å². The highest BCUT2D eigenvalue weighted by Gasteiger charge is 2.43. The Morgan fingerprint density at radius 3 is 3.04 bits per heavy atom. The maximum absolute atomic E-state index is 13.7. The van der Waals surface area contributed by atoms with Crippen molar-refractivity contribution >= 4 is 11.5 Å². The number of anilines is 2. The highest BCUT2D eigenvalue weighted by atomic mass is 19.1. The smallest absolute Gasteiger partial charge is 0.179 e. The van der Waals surface area contributed by atoms with Crippen LogP contribution in [0.15, 0.2) is 36.3 Å². The summed E-state index contributed by atoms with van der Waals surface area (Å²) in [5.74, 6) is 0.687. The minimum Gasteiger partial charge on any atom is -0.358 e. The van der Waals surface area contributed by atoms with Crippen LogP contribution >= 0.6 is 0 Å². The molecule has 1 aliphatic carbocycles. The second kappa shape index (κ2) is 4.72. The van der Waals surface area contributed by atoms with Gasteiger partial charge in [-0.1, -0.05) is 19.1 Å². The Hall–Kier alpha value is -2.55. The first-order chi connectivity index (χ1) is 11.0. The Bertz CT molecular complexity index is 765. The number of nitrogens with one attached hydrogen (secondary N) is 2. The molecule has 23 heavy (non-hydrogen) atoms. The van der Waals surface area contributed by atoms with Crippen LogP contribution in [0.5, 0.6) is 0 Å². The Morgan fingerprint density at radius 1 is 1.43 bits per heavy atom. The number of rotatable bonds is 1. The molecule has 0 saturated carbocycles. The fourth-order valence-corrected chi connectivity index (χ4v) is 3.62. The molecule has 1 saturated heterocycles.